The van der Waals surface area contributed by atoms with E-state index in [1.807, 2.05) is 13.8 Å². The number of thiol groups is 1. The van der Waals surface area contributed by atoms with E-state index in [0.29, 0.717) is 12.8 Å². The highest BCUT2D eigenvalue weighted by atomic mass is 32.1. The van der Waals surface area contributed by atoms with Gasteiger partial charge in [-0.25, -0.2) is 4.90 Å². The molecule has 3 nitrogen and oxygen atoms in total. The minimum Gasteiger partial charge on any atom is -0.274 e. The van der Waals surface area contributed by atoms with Crippen LogP contribution in [0.1, 0.15) is 52.4 Å². The summed E-state index contributed by atoms with van der Waals surface area (Å²) >= 11 is 8.75. The Morgan fingerprint density at radius 1 is 1.06 bits per heavy atom. The van der Waals surface area contributed by atoms with Gasteiger partial charge in [-0.15, -0.1) is 12.6 Å². The standard InChI is InChI=1S/C11H19NO2S2/c1-3-5-7-9(13)12(11(15)16)10(14)8-6-4-2/h3-8H2,1-2H3,(H,15,16). The lowest BCUT2D eigenvalue weighted by molar-refractivity contribution is -0.139. The molecule has 16 heavy (non-hydrogen) atoms. The Labute approximate surface area is 108 Å². The third-order valence-corrected chi connectivity index (χ3v) is 2.56. The van der Waals surface area contributed by atoms with E-state index in [0.717, 1.165) is 30.6 Å². The van der Waals surface area contributed by atoms with Crippen LogP contribution in [-0.4, -0.2) is 21.0 Å². The Morgan fingerprint density at radius 3 is 1.69 bits per heavy atom. The molecule has 0 saturated carbocycles. The molecule has 5 heteroatoms. The highest BCUT2D eigenvalue weighted by Crippen LogP contribution is 2.09. The zero-order valence-electron chi connectivity index (χ0n) is 9.86. The molecule has 0 aliphatic heterocycles. The molecule has 0 atom stereocenters. The molecule has 2 amide bonds. The maximum absolute atomic E-state index is 11.7. The largest absolute Gasteiger partial charge is 0.274 e. The second kappa shape index (κ2) is 8.70. The van der Waals surface area contributed by atoms with Crippen LogP contribution in [0.25, 0.3) is 0 Å². The van der Waals surface area contributed by atoms with Gasteiger partial charge in [-0.05, 0) is 12.8 Å². The SMILES string of the molecule is CCCCC(=O)N(C(=O)CCCC)C(=S)S. The third kappa shape index (κ3) is 5.61. The number of hydrogen-bond acceptors (Lipinski definition) is 3. The zero-order valence-corrected chi connectivity index (χ0v) is 11.6. The van der Waals surface area contributed by atoms with Crippen LogP contribution in [0.5, 0.6) is 0 Å². The molecule has 0 bridgehead atoms. The van der Waals surface area contributed by atoms with Crippen LogP contribution in [0, 0.1) is 0 Å². The minimum atomic E-state index is -0.233. The fraction of sp³-hybridized carbons (Fsp3) is 0.727. The number of nitrogens with zero attached hydrogens (tertiary/aromatic N) is 1. The Kier molecular flexibility index (Phi) is 8.47. The summed E-state index contributed by atoms with van der Waals surface area (Å²) in [7, 11) is 0. The van der Waals surface area contributed by atoms with Crippen LogP contribution in [-0.2, 0) is 9.59 Å². The summed E-state index contributed by atoms with van der Waals surface area (Å²) in [6, 6.07) is 0. The second-order valence-electron chi connectivity index (χ2n) is 3.61. The van der Waals surface area contributed by atoms with Crippen LogP contribution in [0.15, 0.2) is 0 Å². The summed E-state index contributed by atoms with van der Waals surface area (Å²) in [5, 5.41) is 0. The van der Waals surface area contributed by atoms with Crippen molar-refractivity contribution in [3.63, 3.8) is 0 Å². The lowest BCUT2D eigenvalue weighted by Crippen LogP contribution is -2.38. The molecule has 0 spiro atoms. The van der Waals surface area contributed by atoms with Gasteiger partial charge in [0.05, 0.1) is 0 Å². The first kappa shape index (κ1) is 15.6. The molecule has 0 rings (SSSR count). The van der Waals surface area contributed by atoms with Crippen molar-refractivity contribution in [3.05, 3.63) is 0 Å². The predicted molar refractivity (Wildman–Crippen MR) is 72.5 cm³/mol. The lowest BCUT2D eigenvalue weighted by atomic mass is 10.2. The maximum Gasteiger partial charge on any atom is 0.234 e. The zero-order chi connectivity index (χ0) is 12.6. The molecule has 0 aromatic carbocycles. The quantitative estimate of drug-likeness (QED) is 0.590. The third-order valence-electron chi connectivity index (χ3n) is 2.18. The number of carbonyl (C=O) groups excluding carboxylic acids is 2. The van der Waals surface area contributed by atoms with E-state index in [4.69, 9.17) is 12.2 Å². The molecule has 0 saturated heterocycles. The fourth-order valence-electron chi connectivity index (χ4n) is 1.23. The summed E-state index contributed by atoms with van der Waals surface area (Å²) in [6.07, 6.45) is 4.09. The average Bonchev–Trinajstić information content (AvgIpc) is 2.23. The molecule has 0 aromatic rings. The molecule has 0 unspecified atom stereocenters. The van der Waals surface area contributed by atoms with E-state index in [1.54, 1.807) is 0 Å². The van der Waals surface area contributed by atoms with Crippen molar-refractivity contribution in [2.45, 2.75) is 52.4 Å². The van der Waals surface area contributed by atoms with Gasteiger partial charge in [-0.1, -0.05) is 38.9 Å². The first-order chi connectivity index (χ1) is 7.54. The Bertz CT molecular complexity index is 247. The van der Waals surface area contributed by atoms with Crippen LogP contribution >= 0.6 is 24.8 Å². The second-order valence-corrected chi connectivity index (χ2v) is 4.73. The van der Waals surface area contributed by atoms with Gasteiger partial charge < -0.3 is 0 Å². The van der Waals surface area contributed by atoms with E-state index in [1.165, 1.54) is 0 Å². The van der Waals surface area contributed by atoms with Gasteiger partial charge in [0.1, 0.15) is 4.32 Å². The summed E-state index contributed by atoms with van der Waals surface area (Å²) in [6.45, 7) is 3.99. The minimum absolute atomic E-state index is 0.0576. The molecule has 0 heterocycles. The van der Waals surface area contributed by atoms with Gasteiger partial charge >= 0.3 is 0 Å². The van der Waals surface area contributed by atoms with Gasteiger partial charge in [-0.2, -0.15) is 0 Å². The van der Waals surface area contributed by atoms with Gasteiger partial charge in [0.2, 0.25) is 11.8 Å². The van der Waals surface area contributed by atoms with E-state index >= 15 is 0 Å². The number of imide groups is 1. The molecule has 0 N–H and O–H groups in total. The molecule has 0 aromatic heterocycles. The Hall–Kier alpha value is -0.420. The molecular weight excluding hydrogens is 242 g/mol. The van der Waals surface area contributed by atoms with Crippen molar-refractivity contribution < 1.29 is 9.59 Å². The van der Waals surface area contributed by atoms with Gasteiger partial charge in [0, 0.05) is 12.8 Å². The lowest BCUT2D eigenvalue weighted by Gasteiger charge is -2.18. The Balaban J connectivity index is 4.42. The topological polar surface area (TPSA) is 37.4 Å². The van der Waals surface area contributed by atoms with Crippen LogP contribution in [0.4, 0.5) is 0 Å². The van der Waals surface area contributed by atoms with Crippen LogP contribution < -0.4 is 0 Å². The van der Waals surface area contributed by atoms with Crippen molar-refractivity contribution in [2.75, 3.05) is 0 Å². The summed E-state index contributed by atoms with van der Waals surface area (Å²) in [5.41, 5.74) is 0. The molecule has 0 fully saturated rings. The number of thiocarbonyl (C=S) groups is 1. The predicted octanol–water partition coefficient (Wildman–Crippen LogP) is 2.94. The summed E-state index contributed by atoms with van der Waals surface area (Å²) in [5.74, 6) is -0.467. The fourth-order valence-corrected chi connectivity index (χ4v) is 1.66. The van der Waals surface area contributed by atoms with Crippen molar-refractivity contribution in [1.82, 2.24) is 4.90 Å². The molecule has 0 aliphatic carbocycles. The highest BCUT2D eigenvalue weighted by Gasteiger charge is 2.22. The monoisotopic (exact) mass is 261 g/mol. The molecular formula is C11H19NO2S2. The normalized spacial score (nSPS) is 9.94. The molecule has 0 radical (unpaired) electrons. The van der Waals surface area contributed by atoms with Gasteiger partial charge in [0.25, 0.3) is 0 Å². The average molecular weight is 261 g/mol. The first-order valence-corrected chi connectivity index (χ1v) is 6.48. The van der Waals surface area contributed by atoms with E-state index in [-0.39, 0.29) is 16.1 Å². The van der Waals surface area contributed by atoms with Crippen molar-refractivity contribution in [3.8, 4) is 0 Å². The van der Waals surface area contributed by atoms with Gasteiger partial charge in [0.15, 0.2) is 0 Å². The van der Waals surface area contributed by atoms with E-state index in [2.05, 4.69) is 12.6 Å². The van der Waals surface area contributed by atoms with E-state index in [9.17, 15) is 9.59 Å². The van der Waals surface area contributed by atoms with E-state index < -0.39 is 0 Å². The van der Waals surface area contributed by atoms with Gasteiger partial charge in [-0.3, -0.25) is 9.59 Å². The molecule has 92 valence electrons. The number of rotatable bonds is 6. The van der Waals surface area contributed by atoms with Crippen molar-refractivity contribution >= 4 is 41.0 Å². The summed E-state index contributed by atoms with van der Waals surface area (Å²) < 4.78 is 0.0576. The van der Waals surface area contributed by atoms with Crippen LogP contribution in [0.2, 0.25) is 0 Å². The number of hydrogen-bond donors (Lipinski definition) is 1. The molecule has 0 aliphatic rings. The van der Waals surface area contributed by atoms with Crippen molar-refractivity contribution in [1.29, 1.82) is 0 Å². The number of unbranched alkanes of at least 4 members (excludes halogenated alkanes) is 2. The van der Waals surface area contributed by atoms with Crippen molar-refractivity contribution in [2.24, 2.45) is 0 Å². The van der Waals surface area contributed by atoms with Crippen LogP contribution in [0.3, 0.4) is 0 Å². The smallest absolute Gasteiger partial charge is 0.234 e. The highest BCUT2D eigenvalue weighted by molar-refractivity contribution is 8.11. The number of amides is 2. The first-order valence-electron chi connectivity index (χ1n) is 5.63. The number of carbonyl (C=O) groups is 2. The maximum atomic E-state index is 11.7. The Morgan fingerprint density at radius 2 is 1.44 bits per heavy atom. The summed E-state index contributed by atoms with van der Waals surface area (Å²) in [4.78, 5) is 24.5.